The maximum absolute atomic E-state index is 13.5. The lowest BCUT2D eigenvalue weighted by atomic mass is 10.0. The van der Waals surface area contributed by atoms with E-state index in [1.54, 1.807) is 31.2 Å². The summed E-state index contributed by atoms with van der Waals surface area (Å²) in [5, 5.41) is 3.34. The smallest absolute Gasteiger partial charge is 0.242 e. The quantitative estimate of drug-likeness (QED) is 0.529. The Morgan fingerprint density at radius 1 is 0.906 bits per heavy atom. The van der Waals surface area contributed by atoms with Gasteiger partial charge in [-0.3, -0.25) is 9.59 Å². The second kappa shape index (κ2) is 11.3. The molecule has 3 aromatic carbocycles. The number of halogens is 1. The molecule has 0 aliphatic rings. The van der Waals surface area contributed by atoms with Crippen LogP contribution in [0.3, 0.4) is 0 Å². The first kappa shape index (κ1) is 23.4. The fourth-order valence-electron chi connectivity index (χ4n) is 3.53. The lowest BCUT2D eigenvalue weighted by molar-refractivity contribution is -0.140. The molecule has 0 aliphatic heterocycles. The molecule has 0 saturated carbocycles. The molecule has 0 aromatic heterocycles. The van der Waals surface area contributed by atoms with Gasteiger partial charge in [-0.1, -0.05) is 66.2 Å². The SMILES string of the molecule is CNC(=O)[C@H](Cc1ccccc1)N(Cc1ccc(OC)cc1)C(=O)Cc1ccc(Cl)cc1. The first-order chi connectivity index (χ1) is 15.5. The van der Waals surface area contributed by atoms with Crippen LogP contribution in [0.5, 0.6) is 5.75 Å². The number of likely N-dealkylation sites (N-methyl/N-ethyl adjacent to an activating group) is 1. The molecule has 1 N–H and O–H groups in total. The lowest BCUT2D eigenvalue weighted by Crippen LogP contribution is -2.50. The van der Waals surface area contributed by atoms with Crippen LogP contribution in [0.1, 0.15) is 16.7 Å². The van der Waals surface area contributed by atoms with Crippen molar-refractivity contribution in [2.75, 3.05) is 14.2 Å². The van der Waals surface area contributed by atoms with Crippen molar-refractivity contribution < 1.29 is 14.3 Å². The minimum Gasteiger partial charge on any atom is -0.497 e. The molecule has 0 saturated heterocycles. The molecular formula is C26H27ClN2O3. The highest BCUT2D eigenvalue weighted by atomic mass is 35.5. The normalized spacial score (nSPS) is 11.5. The van der Waals surface area contributed by atoms with Gasteiger partial charge in [0.1, 0.15) is 11.8 Å². The van der Waals surface area contributed by atoms with Crippen LogP contribution in [-0.2, 0) is 29.0 Å². The second-order valence-electron chi connectivity index (χ2n) is 7.49. The number of benzene rings is 3. The predicted molar refractivity (Wildman–Crippen MR) is 127 cm³/mol. The van der Waals surface area contributed by atoms with E-state index in [0.717, 1.165) is 22.4 Å². The van der Waals surface area contributed by atoms with E-state index in [-0.39, 0.29) is 18.2 Å². The van der Waals surface area contributed by atoms with Crippen LogP contribution in [0.2, 0.25) is 5.02 Å². The monoisotopic (exact) mass is 450 g/mol. The maximum atomic E-state index is 13.5. The molecular weight excluding hydrogens is 424 g/mol. The van der Waals surface area contributed by atoms with Crippen molar-refractivity contribution in [2.24, 2.45) is 0 Å². The van der Waals surface area contributed by atoms with Gasteiger partial charge in [0.25, 0.3) is 0 Å². The molecule has 0 spiro atoms. The van der Waals surface area contributed by atoms with E-state index >= 15 is 0 Å². The van der Waals surface area contributed by atoms with E-state index in [0.29, 0.717) is 18.0 Å². The molecule has 2 amide bonds. The Bertz CT molecular complexity index is 1020. The zero-order valence-corrected chi connectivity index (χ0v) is 19.0. The van der Waals surface area contributed by atoms with Gasteiger partial charge in [0.2, 0.25) is 11.8 Å². The van der Waals surface area contributed by atoms with Gasteiger partial charge in [0.05, 0.1) is 13.5 Å². The number of carbonyl (C=O) groups is 2. The molecule has 5 nitrogen and oxygen atoms in total. The fraction of sp³-hybridized carbons (Fsp3) is 0.231. The number of nitrogens with one attached hydrogen (secondary N) is 1. The lowest BCUT2D eigenvalue weighted by Gasteiger charge is -2.31. The Kier molecular flexibility index (Phi) is 8.28. The van der Waals surface area contributed by atoms with Crippen molar-refractivity contribution in [3.8, 4) is 5.75 Å². The Morgan fingerprint density at radius 3 is 2.12 bits per heavy atom. The van der Waals surface area contributed by atoms with E-state index in [1.807, 2.05) is 66.7 Å². The number of hydrogen-bond donors (Lipinski definition) is 1. The highest BCUT2D eigenvalue weighted by Gasteiger charge is 2.29. The highest BCUT2D eigenvalue weighted by molar-refractivity contribution is 6.30. The number of rotatable bonds is 9. The largest absolute Gasteiger partial charge is 0.497 e. The Hall–Kier alpha value is -3.31. The third kappa shape index (κ3) is 6.34. The van der Waals surface area contributed by atoms with E-state index in [2.05, 4.69) is 5.32 Å². The number of hydrogen-bond acceptors (Lipinski definition) is 3. The van der Waals surface area contributed by atoms with Crippen molar-refractivity contribution in [1.82, 2.24) is 10.2 Å². The van der Waals surface area contributed by atoms with Crippen LogP contribution in [-0.4, -0.2) is 36.9 Å². The van der Waals surface area contributed by atoms with Gasteiger partial charge in [-0.25, -0.2) is 0 Å². The van der Waals surface area contributed by atoms with Crippen molar-refractivity contribution in [2.45, 2.75) is 25.4 Å². The second-order valence-corrected chi connectivity index (χ2v) is 7.93. The minimum atomic E-state index is -0.649. The van der Waals surface area contributed by atoms with Crippen LogP contribution < -0.4 is 10.1 Å². The molecule has 1 atom stereocenters. The molecule has 166 valence electrons. The van der Waals surface area contributed by atoms with Gasteiger partial charge < -0.3 is 15.0 Å². The molecule has 0 radical (unpaired) electrons. The molecule has 0 aliphatic carbocycles. The third-order valence-corrected chi connectivity index (χ3v) is 5.55. The van der Waals surface area contributed by atoms with Crippen LogP contribution in [0, 0.1) is 0 Å². The molecule has 0 bridgehead atoms. The summed E-state index contributed by atoms with van der Waals surface area (Å²) in [6, 6.07) is 23.8. The van der Waals surface area contributed by atoms with Crippen LogP contribution in [0.4, 0.5) is 0 Å². The number of amides is 2. The van der Waals surface area contributed by atoms with Crippen LogP contribution in [0.15, 0.2) is 78.9 Å². The predicted octanol–water partition coefficient (Wildman–Crippen LogP) is 4.28. The molecule has 0 fully saturated rings. The summed E-state index contributed by atoms with van der Waals surface area (Å²) in [6.45, 7) is 0.307. The van der Waals surface area contributed by atoms with Crippen LogP contribution in [0.25, 0.3) is 0 Å². The number of carbonyl (C=O) groups excluding carboxylic acids is 2. The average molecular weight is 451 g/mol. The molecule has 0 unspecified atom stereocenters. The summed E-state index contributed by atoms with van der Waals surface area (Å²) in [4.78, 5) is 28.0. The van der Waals surface area contributed by atoms with Gasteiger partial charge in [0, 0.05) is 25.0 Å². The zero-order chi connectivity index (χ0) is 22.9. The standard InChI is InChI=1S/C26H27ClN2O3/c1-28-26(31)24(16-19-6-4-3-5-7-19)29(18-21-10-14-23(32-2)15-11-21)25(30)17-20-8-12-22(27)13-9-20/h3-15,24H,16-18H2,1-2H3,(H,28,31)/t24-/m0/s1. The van der Waals surface area contributed by atoms with Crippen molar-refractivity contribution >= 4 is 23.4 Å². The van der Waals surface area contributed by atoms with Gasteiger partial charge in [-0.2, -0.15) is 0 Å². The molecule has 0 heterocycles. The molecule has 3 aromatic rings. The Balaban J connectivity index is 1.91. The van der Waals surface area contributed by atoms with Gasteiger partial charge >= 0.3 is 0 Å². The zero-order valence-electron chi connectivity index (χ0n) is 18.3. The summed E-state index contributed by atoms with van der Waals surface area (Å²) < 4.78 is 5.24. The summed E-state index contributed by atoms with van der Waals surface area (Å²) in [5.41, 5.74) is 2.74. The summed E-state index contributed by atoms with van der Waals surface area (Å²) >= 11 is 5.99. The molecule has 6 heteroatoms. The summed E-state index contributed by atoms with van der Waals surface area (Å²) in [5.74, 6) is 0.402. The van der Waals surface area contributed by atoms with Crippen LogP contribution >= 0.6 is 11.6 Å². The van der Waals surface area contributed by atoms with E-state index in [1.165, 1.54) is 0 Å². The number of nitrogens with zero attached hydrogens (tertiary/aromatic N) is 1. The minimum absolute atomic E-state index is 0.132. The first-order valence-electron chi connectivity index (χ1n) is 10.4. The summed E-state index contributed by atoms with van der Waals surface area (Å²) in [6.07, 6.45) is 0.596. The maximum Gasteiger partial charge on any atom is 0.242 e. The Morgan fingerprint density at radius 2 is 1.53 bits per heavy atom. The number of ether oxygens (including phenoxy) is 1. The third-order valence-electron chi connectivity index (χ3n) is 5.30. The fourth-order valence-corrected chi connectivity index (χ4v) is 3.65. The number of methoxy groups -OCH3 is 1. The average Bonchev–Trinajstić information content (AvgIpc) is 2.83. The Labute approximate surface area is 194 Å². The van der Waals surface area contributed by atoms with Gasteiger partial charge in [-0.15, -0.1) is 0 Å². The van der Waals surface area contributed by atoms with E-state index in [4.69, 9.17) is 16.3 Å². The van der Waals surface area contributed by atoms with E-state index in [9.17, 15) is 9.59 Å². The van der Waals surface area contributed by atoms with Crippen molar-refractivity contribution in [3.05, 3.63) is 101 Å². The first-order valence-corrected chi connectivity index (χ1v) is 10.8. The van der Waals surface area contributed by atoms with Gasteiger partial charge in [-0.05, 0) is 41.0 Å². The molecule has 32 heavy (non-hydrogen) atoms. The van der Waals surface area contributed by atoms with Crippen molar-refractivity contribution in [3.63, 3.8) is 0 Å². The molecule has 3 rings (SSSR count). The topological polar surface area (TPSA) is 58.6 Å². The van der Waals surface area contributed by atoms with Gasteiger partial charge in [0.15, 0.2) is 0 Å². The highest BCUT2D eigenvalue weighted by Crippen LogP contribution is 2.19. The summed E-state index contributed by atoms with van der Waals surface area (Å²) in [7, 11) is 3.20. The van der Waals surface area contributed by atoms with E-state index < -0.39 is 6.04 Å². The van der Waals surface area contributed by atoms with Crippen molar-refractivity contribution in [1.29, 1.82) is 0 Å².